The lowest BCUT2D eigenvalue weighted by atomic mass is 9.77. The Kier molecular flexibility index (Phi) is 9.09. The minimum atomic E-state index is -1.15. The topological polar surface area (TPSA) is 83.9 Å². The summed E-state index contributed by atoms with van der Waals surface area (Å²) in [5.74, 6) is -0.532. The molecule has 1 unspecified atom stereocenters. The first-order valence-electron chi connectivity index (χ1n) is 15.3. The number of ether oxygens (including phenoxy) is 2. The summed E-state index contributed by atoms with van der Waals surface area (Å²) < 4.78 is 25.4. The smallest absolute Gasteiger partial charge is 0.337 e. The van der Waals surface area contributed by atoms with E-state index >= 15 is 0 Å². The Labute approximate surface area is 254 Å². The first-order chi connectivity index (χ1) is 20.4. The van der Waals surface area contributed by atoms with Crippen LogP contribution in [0.1, 0.15) is 68.7 Å². The molecule has 0 amide bonds. The largest absolute Gasteiger partial charge is 0.493 e. The molecule has 5 rings (SSSR count). The van der Waals surface area contributed by atoms with Crippen LogP contribution in [-0.2, 0) is 16.0 Å². The molecule has 43 heavy (non-hydrogen) atoms. The number of carboxylic acid groups (broad SMARTS) is 1. The summed E-state index contributed by atoms with van der Waals surface area (Å²) in [6.07, 6.45) is 2.81. The van der Waals surface area contributed by atoms with Crippen molar-refractivity contribution in [3.05, 3.63) is 76.9 Å². The summed E-state index contributed by atoms with van der Waals surface area (Å²) in [5, 5.41) is 14.0. The van der Waals surface area contributed by atoms with E-state index in [1.165, 1.54) is 18.6 Å². The summed E-state index contributed by atoms with van der Waals surface area (Å²) in [5.41, 5.74) is 5.62. The molecular formula is C35H44FN3O4. The molecule has 2 aromatic carbocycles. The number of nitrogens with zero attached hydrogens (tertiary/aromatic N) is 2. The van der Waals surface area contributed by atoms with Gasteiger partial charge in [0.05, 0.1) is 17.9 Å². The van der Waals surface area contributed by atoms with Crippen LogP contribution in [0, 0.1) is 25.1 Å². The van der Waals surface area contributed by atoms with Gasteiger partial charge in [0, 0.05) is 48.6 Å². The molecule has 1 atom stereocenters. The zero-order chi connectivity index (χ0) is 30.8. The van der Waals surface area contributed by atoms with Crippen LogP contribution in [0.2, 0.25) is 0 Å². The summed E-state index contributed by atoms with van der Waals surface area (Å²) in [6, 6.07) is 14.4. The van der Waals surface area contributed by atoms with Gasteiger partial charge in [-0.15, -0.1) is 0 Å². The highest BCUT2D eigenvalue weighted by molar-refractivity contribution is 5.88. The Morgan fingerprint density at radius 3 is 2.30 bits per heavy atom. The molecule has 7 nitrogen and oxygen atoms in total. The van der Waals surface area contributed by atoms with E-state index in [0.29, 0.717) is 29.7 Å². The molecule has 8 heteroatoms. The quantitative estimate of drug-likeness (QED) is 0.289. The monoisotopic (exact) mass is 589 g/mol. The van der Waals surface area contributed by atoms with Crippen molar-refractivity contribution in [1.82, 2.24) is 10.3 Å². The molecule has 0 saturated carbocycles. The molecule has 230 valence electrons. The maximum Gasteiger partial charge on any atom is 0.337 e. The van der Waals surface area contributed by atoms with E-state index in [9.17, 15) is 14.3 Å². The van der Waals surface area contributed by atoms with Gasteiger partial charge in [-0.25, -0.2) is 9.18 Å². The third kappa shape index (κ3) is 7.19. The van der Waals surface area contributed by atoms with E-state index in [1.54, 1.807) is 12.1 Å². The predicted molar refractivity (Wildman–Crippen MR) is 167 cm³/mol. The van der Waals surface area contributed by atoms with Crippen molar-refractivity contribution >= 4 is 11.7 Å². The number of nitrogens with one attached hydrogen (secondary N) is 1. The van der Waals surface area contributed by atoms with Gasteiger partial charge < -0.3 is 24.8 Å². The highest BCUT2D eigenvalue weighted by atomic mass is 19.1. The van der Waals surface area contributed by atoms with Gasteiger partial charge in [-0.3, -0.25) is 4.98 Å². The van der Waals surface area contributed by atoms with Crippen molar-refractivity contribution in [2.24, 2.45) is 5.41 Å². The molecule has 2 aliphatic rings. The van der Waals surface area contributed by atoms with Crippen molar-refractivity contribution in [3.63, 3.8) is 0 Å². The maximum absolute atomic E-state index is 13.2. The molecule has 2 aliphatic heterocycles. The zero-order valence-electron chi connectivity index (χ0n) is 26.0. The minimum absolute atomic E-state index is 0.247. The lowest BCUT2D eigenvalue weighted by Crippen LogP contribution is -2.42. The molecule has 1 spiro atoms. The number of hydrogen-bond acceptors (Lipinski definition) is 6. The molecule has 3 aromatic rings. The number of aromatic nitrogens is 1. The van der Waals surface area contributed by atoms with Crippen LogP contribution in [0.4, 0.5) is 10.1 Å². The number of aliphatic carboxylic acids is 1. The molecular weight excluding hydrogens is 545 g/mol. The van der Waals surface area contributed by atoms with Gasteiger partial charge in [0.2, 0.25) is 0 Å². The Bertz CT molecular complexity index is 1420. The van der Waals surface area contributed by atoms with Gasteiger partial charge in [0.15, 0.2) is 6.10 Å². The second kappa shape index (κ2) is 12.6. The third-order valence-electron chi connectivity index (χ3n) is 8.72. The number of rotatable bonds is 9. The van der Waals surface area contributed by atoms with Gasteiger partial charge >= 0.3 is 5.97 Å². The van der Waals surface area contributed by atoms with E-state index in [4.69, 9.17) is 14.5 Å². The fraction of sp³-hybridized carbons (Fsp3) is 0.486. The van der Waals surface area contributed by atoms with Crippen molar-refractivity contribution in [2.45, 2.75) is 72.0 Å². The average molecular weight is 590 g/mol. The van der Waals surface area contributed by atoms with E-state index in [-0.39, 0.29) is 5.82 Å². The number of anilines is 1. The summed E-state index contributed by atoms with van der Waals surface area (Å²) in [4.78, 5) is 20.0. The number of pyridine rings is 1. The van der Waals surface area contributed by atoms with E-state index < -0.39 is 17.7 Å². The van der Waals surface area contributed by atoms with Crippen LogP contribution < -0.4 is 15.0 Å². The van der Waals surface area contributed by atoms with Gasteiger partial charge in [-0.2, -0.15) is 0 Å². The van der Waals surface area contributed by atoms with Crippen LogP contribution in [0.25, 0.3) is 11.1 Å². The van der Waals surface area contributed by atoms with Crippen LogP contribution >= 0.6 is 0 Å². The molecule has 2 saturated heterocycles. The number of benzene rings is 2. The highest BCUT2D eigenvalue weighted by Crippen LogP contribution is 2.46. The SMILES string of the molecule is Cc1nc(C)c(C(OC(C)(C)C)C(=O)O)c(N2CCC3(CCNC3)CC2)c1-c1ccc(OCCc2ccc(F)cc2)cc1. The Morgan fingerprint density at radius 1 is 1.05 bits per heavy atom. The second-order valence-electron chi connectivity index (χ2n) is 13.0. The van der Waals surface area contributed by atoms with Crippen LogP contribution in [0.3, 0.4) is 0 Å². The van der Waals surface area contributed by atoms with Crippen LogP contribution in [-0.4, -0.2) is 54.4 Å². The Morgan fingerprint density at radius 2 is 1.72 bits per heavy atom. The Balaban J connectivity index is 1.49. The second-order valence-corrected chi connectivity index (χ2v) is 13.0. The molecule has 0 radical (unpaired) electrons. The molecule has 2 N–H and O–H groups in total. The number of carbonyl (C=O) groups is 1. The predicted octanol–water partition coefficient (Wildman–Crippen LogP) is 6.65. The fourth-order valence-electron chi connectivity index (χ4n) is 6.50. The van der Waals surface area contributed by atoms with Crippen LogP contribution in [0.5, 0.6) is 5.75 Å². The van der Waals surface area contributed by atoms with E-state index in [1.807, 2.05) is 58.9 Å². The van der Waals surface area contributed by atoms with Gasteiger partial charge in [0.1, 0.15) is 11.6 Å². The third-order valence-corrected chi connectivity index (χ3v) is 8.72. The van der Waals surface area contributed by atoms with Crippen molar-refractivity contribution < 1.29 is 23.8 Å². The van der Waals surface area contributed by atoms with Crippen molar-refractivity contribution in [2.75, 3.05) is 37.7 Å². The highest BCUT2D eigenvalue weighted by Gasteiger charge is 2.40. The summed E-state index contributed by atoms with van der Waals surface area (Å²) in [7, 11) is 0. The minimum Gasteiger partial charge on any atom is -0.493 e. The molecule has 2 fully saturated rings. The zero-order valence-corrected chi connectivity index (χ0v) is 26.0. The standard InChI is InChI=1S/C35H44FN3O4/c1-23-29(26-8-12-28(13-9-26)42-21-14-25-6-10-27(36)11-7-25)31(39-19-16-35(17-20-39)15-18-37-22-35)30(24(2)38-23)32(33(40)41)43-34(3,4)5/h6-13,32,37H,14-22H2,1-5H3,(H,40,41). The summed E-state index contributed by atoms with van der Waals surface area (Å²) in [6.45, 7) is 13.8. The van der Waals surface area contributed by atoms with E-state index in [2.05, 4.69) is 10.2 Å². The van der Waals surface area contributed by atoms with Crippen LogP contribution in [0.15, 0.2) is 48.5 Å². The Hall–Kier alpha value is -3.49. The van der Waals surface area contributed by atoms with E-state index in [0.717, 1.165) is 72.8 Å². The average Bonchev–Trinajstić information content (AvgIpc) is 3.41. The number of hydrogen-bond donors (Lipinski definition) is 2. The number of aryl methyl sites for hydroxylation is 2. The molecule has 1 aromatic heterocycles. The van der Waals surface area contributed by atoms with Gasteiger partial charge in [0.25, 0.3) is 0 Å². The summed E-state index contributed by atoms with van der Waals surface area (Å²) >= 11 is 0. The lowest BCUT2D eigenvalue weighted by molar-refractivity contribution is -0.160. The molecule has 0 bridgehead atoms. The van der Waals surface area contributed by atoms with Gasteiger partial charge in [-0.05, 0) is 101 Å². The molecule has 0 aliphatic carbocycles. The number of carboxylic acids is 1. The van der Waals surface area contributed by atoms with Crippen molar-refractivity contribution in [3.8, 4) is 16.9 Å². The number of piperidine rings is 1. The maximum atomic E-state index is 13.2. The number of halogens is 1. The first kappa shape index (κ1) is 31.0. The lowest BCUT2D eigenvalue weighted by Gasteiger charge is -2.42. The normalized spacial score (nSPS) is 17.3. The van der Waals surface area contributed by atoms with Gasteiger partial charge in [-0.1, -0.05) is 24.3 Å². The van der Waals surface area contributed by atoms with Crippen molar-refractivity contribution in [1.29, 1.82) is 0 Å². The molecule has 3 heterocycles. The first-order valence-corrected chi connectivity index (χ1v) is 15.3. The fourth-order valence-corrected chi connectivity index (χ4v) is 6.50.